The van der Waals surface area contributed by atoms with Crippen molar-refractivity contribution in [3.8, 4) is 5.75 Å². The van der Waals surface area contributed by atoms with Crippen LogP contribution in [0.1, 0.15) is 49.2 Å². The van der Waals surface area contributed by atoms with Crippen LogP contribution in [0.5, 0.6) is 5.75 Å². The van der Waals surface area contributed by atoms with Gasteiger partial charge in [0, 0.05) is 12.6 Å². The maximum absolute atomic E-state index is 12.7. The van der Waals surface area contributed by atoms with E-state index >= 15 is 0 Å². The predicted molar refractivity (Wildman–Crippen MR) is 132 cm³/mol. The monoisotopic (exact) mass is 506 g/mol. The van der Waals surface area contributed by atoms with Crippen molar-refractivity contribution in [3.63, 3.8) is 0 Å². The molecule has 200 valence electrons. The van der Waals surface area contributed by atoms with Gasteiger partial charge in [-0.25, -0.2) is 9.63 Å². The first-order chi connectivity index (χ1) is 17.2. The Morgan fingerprint density at radius 1 is 0.917 bits per heavy atom. The molecular weight excluding hydrogens is 468 g/mol. The highest BCUT2D eigenvalue weighted by Crippen LogP contribution is 2.15. The summed E-state index contributed by atoms with van der Waals surface area (Å²) in [5, 5.41) is 20.2. The average Bonchev–Trinajstić information content (AvgIpc) is 2.84. The summed E-state index contributed by atoms with van der Waals surface area (Å²) in [7, 11) is 0. The number of carbonyl (C=O) groups excluding carboxylic acids is 1. The van der Waals surface area contributed by atoms with Gasteiger partial charge in [-0.05, 0) is 49.2 Å². The van der Waals surface area contributed by atoms with E-state index in [2.05, 4.69) is 10.2 Å². The van der Waals surface area contributed by atoms with Crippen molar-refractivity contribution < 1.29 is 39.0 Å². The molecule has 0 fully saturated rings. The second-order valence-electron chi connectivity index (χ2n) is 8.74. The second kappa shape index (κ2) is 16.2. The fourth-order valence-corrected chi connectivity index (χ4v) is 2.99. The first-order valence-corrected chi connectivity index (χ1v) is 12.0. The molecule has 0 saturated heterocycles. The van der Waals surface area contributed by atoms with Gasteiger partial charge in [0.25, 0.3) is 0 Å². The topological polar surface area (TPSA) is 119 Å². The lowest BCUT2D eigenvalue weighted by Gasteiger charge is -2.20. The van der Waals surface area contributed by atoms with Crippen LogP contribution < -0.4 is 10.1 Å². The lowest BCUT2D eigenvalue weighted by atomic mass is 10.1. The van der Waals surface area contributed by atoms with Crippen molar-refractivity contribution in [2.75, 3.05) is 26.4 Å². The van der Waals surface area contributed by atoms with E-state index in [0.29, 0.717) is 43.2 Å². The minimum absolute atomic E-state index is 0.0609. The summed E-state index contributed by atoms with van der Waals surface area (Å²) in [4.78, 5) is 17.2. The van der Waals surface area contributed by atoms with Crippen LogP contribution in [0.4, 0.5) is 0 Å². The fraction of sp³-hybridized carbons (Fsp3) is 0.500. The Labute approximate surface area is 212 Å². The summed E-state index contributed by atoms with van der Waals surface area (Å²) >= 11 is 0. The molecule has 2 aromatic rings. The molecule has 10 heteroatoms. The number of benzene rings is 2. The quantitative estimate of drug-likeness (QED) is 0.166. The summed E-state index contributed by atoms with van der Waals surface area (Å²) in [6, 6.07) is 14.3. The van der Waals surface area contributed by atoms with Crippen molar-refractivity contribution in [1.29, 1.82) is 0 Å². The summed E-state index contributed by atoms with van der Waals surface area (Å²) in [6.45, 7) is 10.1. The van der Waals surface area contributed by atoms with E-state index in [1.165, 1.54) is 0 Å². The van der Waals surface area contributed by atoms with Crippen LogP contribution in [-0.2, 0) is 32.3 Å². The maximum Gasteiger partial charge on any atom is 0.338 e. The van der Waals surface area contributed by atoms with Crippen molar-refractivity contribution in [2.45, 2.75) is 59.2 Å². The number of carbonyl (C=O) groups is 1. The smallest absolute Gasteiger partial charge is 0.338 e. The zero-order valence-corrected chi connectivity index (χ0v) is 21.4. The van der Waals surface area contributed by atoms with Gasteiger partial charge < -0.3 is 24.3 Å². The van der Waals surface area contributed by atoms with Crippen LogP contribution in [0.15, 0.2) is 48.5 Å². The number of hydrogen-bond donors (Lipinski definition) is 3. The van der Waals surface area contributed by atoms with Gasteiger partial charge >= 0.3 is 5.97 Å². The molecule has 2 aromatic carbocycles. The van der Waals surface area contributed by atoms with E-state index in [0.717, 1.165) is 5.56 Å². The van der Waals surface area contributed by atoms with Crippen molar-refractivity contribution in [2.24, 2.45) is 0 Å². The van der Waals surface area contributed by atoms with Crippen molar-refractivity contribution in [1.82, 2.24) is 10.7 Å². The normalized spacial score (nSPS) is 12.4. The van der Waals surface area contributed by atoms with Crippen molar-refractivity contribution in [3.05, 3.63) is 65.2 Å². The van der Waals surface area contributed by atoms with Crippen LogP contribution in [0.25, 0.3) is 0 Å². The number of esters is 1. The van der Waals surface area contributed by atoms with Crippen molar-refractivity contribution >= 4 is 5.97 Å². The van der Waals surface area contributed by atoms with E-state index < -0.39 is 12.1 Å². The minimum Gasteiger partial charge on any atom is -0.490 e. The van der Waals surface area contributed by atoms with E-state index in [-0.39, 0.29) is 30.7 Å². The third kappa shape index (κ3) is 12.4. The van der Waals surface area contributed by atoms with Gasteiger partial charge in [-0.3, -0.25) is 10.4 Å². The molecule has 1 atom stereocenters. The zero-order chi connectivity index (χ0) is 26.3. The Bertz CT molecular complexity index is 873. The zero-order valence-electron chi connectivity index (χ0n) is 21.4. The SMILES string of the molecule is CC(C)NCC(COc1ccc(COCCOC(C)C)cc1)OC(=O)c1ccc(CON(O)O)cc1. The second-order valence-corrected chi connectivity index (χ2v) is 8.74. The Morgan fingerprint density at radius 3 is 2.17 bits per heavy atom. The molecule has 0 aromatic heterocycles. The van der Waals surface area contributed by atoms with Crippen LogP contribution in [0, 0.1) is 0 Å². The summed E-state index contributed by atoms with van der Waals surface area (Å²) in [6.07, 6.45) is -0.319. The van der Waals surface area contributed by atoms with Gasteiger partial charge in [-0.1, -0.05) is 38.1 Å². The lowest BCUT2D eigenvalue weighted by Crippen LogP contribution is -2.38. The molecule has 10 nitrogen and oxygen atoms in total. The molecule has 0 bridgehead atoms. The standard InChI is InChI=1S/C26H38N2O8/c1-19(2)27-15-25(36-26(29)23-9-5-22(6-10-23)17-35-28(30)31)18-34-24-11-7-21(8-12-24)16-32-13-14-33-20(3)4/h5-12,19-20,25,27,30-31H,13-18H2,1-4H3. The highest BCUT2D eigenvalue weighted by atomic mass is 17.1. The molecule has 0 radical (unpaired) electrons. The van der Waals surface area contributed by atoms with E-state index in [1.54, 1.807) is 24.3 Å². The number of nitrogens with zero attached hydrogens (tertiary/aromatic N) is 1. The van der Waals surface area contributed by atoms with Gasteiger partial charge in [-0.2, -0.15) is 0 Å². The summed E-state index contributed by atoms with van der Waals surface area (Å²) in [5.74, 6) is 0.181. The lowest BCUT2D eigenvalue weighted by molar-refractivity contribution is -0.497. The first-order valence-electron chi connectivity index (χ1n) is 12.0. The van der Waals surface area contributed by atoms with Crippen LogP contribution in [0.3, 0.4) is 0 Å². The number of nitrogens with one attached hydrogen (secondary N) is 1. The summed E-state index contributed by atoms with van der Waals surface area (Å²) < 4.78 is 22.6. The Balaban J connectivity index is 1.86. The number of ether oxygens (including phenoxy) is 4. The Hall–Kier alpha value is -2.57. The third-order valence-electron chi connectivity index (χ3n) is 4.87. The van der Waals surface area contributed by atoms with E-state index in [1.807, 2.05) is 52.0 Å². The predicted octanol–water partition coefficient (Wildman–Crippen LogP) is 3.74. The number of rotatable bonds is 17. The molecule has 0 heterocycles. The number of hydrogen-bond acceptors (Lipinski definition) is 10. The minimum atomic E-state index is -0.510. The molecular formula is C26H38N2O8. The van der Waals surface area contributed by atoms with Gasteiger partial charge in [-0.15, -0.1) is 0 Å². The van der Waals surface area contributed by atoms with E-state index in [9.17, 15) is 4.79 Å². The van der Waals surface area contributed by atoms with Crippen LogP contribution in [-0.4, -0.2) is 66.4 Å². The first kappa shape index (κ1) is 29.7. The van der Waals surface area contributed by atoms with Gasteiger partial charge in [0.05, 0.1) is 43.5 Å². The maximum atomic E-state index is 12.7. The van der Waals surface area contributed by atoms with Gasteiger partial charge in [0.2, 0.25) is 0 Å². The molecule has 0 aliphatic rings. The van der Waals surface area contributed by atoms with Gasteiger partial charge in [0.1, 0.15) is 18.5 Å². The molecule has 0 saturated carbocycles. The molecule has 0 aliphatic heterocycles. The average molecular weight is 507 g/mol. The van der Waals surface area contributed by atoms with Gasteiger partial charge in [0.15, 0.2) is 0 Å². The Morgan fingerprint density at radius 2 is 1.56 bits per heavy atom. The highest BCUT2D eigenvalue weighted by Gasteiger charge is 2.18. The van der Waals surface area contributed by atoms with Crippen LogP contribution >= 0.6 is 0 Å². The fourth-order valence-electron chi connectivity index (χ4n) is 2.99. The van der Waals surface area contributed by atoms with Crippen LogP contribution in [0.2, 0.25) is 0 Å². The molecule has 1 unspecified atom stereocenters. The summed E-state index contributed by atoms with van der Waals surface area (Å²) in [5.41, 5.74) is 2.04. The third-order valence-corrected chi connectivity index (χ3v) is 4.87. The highest BCUT2D eigenvalue weighted by molar-refractivity contribution is 5.89. The Kier molecular flexibility index (Phi) is 13.4. The molecule has 0 spiro atoms. The molecule has 2 rings (SSSR count). The molecule has 0 aliphatic carbocycles. The molecule has 0 amide bonds. The largest absolute Gasteiger partial charge is 0.490 e. The molecule has 3 N–H and O–H groups in total. The van der Waals surface area contributed by atoms with E-state index in [4.69, 9.17) is 29.4 Å². The molecule has 36 heavy (non-hydrogen) atoms.